The first kappa shape index (κ1) is 10.5. The summed E-state index contributed by atoms with van der Waals surface area (Å²) < 4.78 is 16.4. The molecule has 0 fully saturated rings. The Hall–Kier alpha value is 0.540. The number of hydrogen-bond acceptors (Lipinski definition) is 3. The van der Waals surface area contributed by atoms with Gasteiger partial charge in [-0.1, -0.05) is 18.3 Å². The first-order chi connectivity index (χ1) is 4.62. The van der Waals surface area contributed by atoms with Crippen molar-refractivity contribution < 1.29 is 9.09 Å². The summed E-state index contributed by atoms with van der Waals surface area (Å²) in [6.45, 7) is 3.86. The minimum absolute atomic E-state index is 0.546. The quantitative estimate of drug-likeness (QED) is 0.611. The van der Waals surface area contributed by atoms with Crippen LogP contribution in [0.5, 0.6) is 0 Å². The fourth-order valence-corrected chi connectivity index (χ4v) is 3.67. The van der Waals surface area contributed by atoms with Gasteiger partial charge in [0, 0.05) is 12.4 Å². The molecular formula is C6H15O2PS. The van der Waals surface area contributed by atoms with Crippen molar-refractivity contribution in [1.82, 2.24) is 0 Å². The van der Waals surface area contributed by atoms with Crippen LogP contribution < -0.4 is 0 Å². The van der Waals surface area contributed by atoms with Crippen molar-refractivity contribution in [3.8, 4) is 0 Å². The molecule has 1 atom stereocenters. The zero-order valence-corrected chi connectivity index (χ0v) is 8.50. The van der Waals surface area contributed by atoms with E-state index in [1.807, 2.05) is 6.92 Å². The van der Waals surface area contributed by atoms with E-state index in [9.17, 15) is 4.57 Å². The molecule has 0 aliphatic heterocycles. The average Bonchev–Trinajstić information content (AvgIpc) is 1.84. The Morgan fingerprint density at radius 3 is 2.50 bits per heavy atom. The maximum atomic E-state index is 11.3. The van der Waals surface area contributed by atoms with Gasteiger partial charge in [-0.25, -0.2) is 0 Å². The normalized spacial score (nSPS) is 16.7. The van der Waals surface area contributed by atoms with Gasteiger partial charge in [0.05, 0.1) is 6.61 Å². The lowest BCUT2D eigenvalue weighted by molar-refractivity contribution is 0.350. The molecule has 0 aromatic heterocycles. The van der Waals surface area contributed by atoms with Crippen molar-refractivity contribution in [2.24, 2.45) is 0 Å². The van der Waals surface area contributed by atoms with Gasteiger partial charge in [0.2, 0.25) is 0 Å². The lowest BCUT2D eigenvalue weighted by Crippen LogP contribution is -1.84. The largest absolute Gasteiger partial charge is 0.322 e. The van der Waals surface area contributed by atoms with E-state index in [0.717, 1.165) is 12.2 Å². The second-order valence-electron chi connectivity index (χ2n) is 2.02. The maximum absolute atomic E-state index is 11.3. The van der Waals surface area contributed by atoms with Crippen LogP contribution in [0.3, 0.4) is 0 Å². The molecular weight excluding hydrogens is 167 g/mol. The van der Waals surface area contributed by atoms with E-state index in [2.05, 4.69) is 6.92 Å². The van der Waals surface area contributed by atoms with Crippen LogP contribution in [0, 0.1) is 0 Å². The van der Waals surface area contributed by atoms with Gasteiger partial charge in [0.1, 0.15) is 0 Å². The van der Waals surface area contributed by atoms with Crippen molar-refractivity contribution in [1.29, 1.82) is 0 Å². The third-order valence-electron chi connectivity index (χ3n) is 0.894. The molecule has 0 aromatic rings. The van der Waals surface area contributed by atoms with Gasteiger partial charge in [-0.15, -0.1) is 0 Å². The van der Waals surface area contributed by atoms with Gasteiger partial charge in [-0.3, -0.25) is 4.57 Å². The van der Waals surface area contributed by atoms with Crippen LogP contribution in [-0.2, 0) is 9.09 Å². The van der Waals surface area contributed by atoms with E-state index in [0.29, 0.717) is 6.61 Å². The standard InChI is InChI=1S/C6H15O2PS/c1-4-6-10-9(3,7)8-5-2/h4-6H2,1-3H3/t9-/m1/s1. The zero-order chi connectivity index (χ0) is 8.04. The van der Waals surface area contributed by atoms with Gasteiger partial charge in [0.15, 0.2) is 0 Å². The van der Waals surface area contributed by atoms with Gasteiger partial charge in [-0.2, -0.15) is 0 Å². The average molecular weight is 182 g/mol. The van der Waals surface area contributed by atoms with E-state index >= 15 is 0 Å². The highest BCUT2D eigenvalue weighted by Gasteiger charge is 2.13. The Morgan fingerprint density at radius 1 is 1.50 bits per heavy atom. The molecule has 62 valence electrons. The van der Waals surface area contributed by atoms with Crippen molar-refractivity contribution in [2.45, 2.75) is 20.3 Å². The van der Waals surface area contributed by atoms with Crippen molar-refractivity contribution in [2.75, 3.05) is 19.0 Å². The first-order valence-electron chi connectivity index (χ1n) is 3.49. The molecule has 0 saturated carbocycles. The fraction of sp³-hybridized carbons (Fsp3) is 1.00. The highest BCUT2D eigenvalue weighted by molar-refractivity contribution is 8.56. The minimum atomic E-state index is -2.29. The molecule has 0 aromatic carbocycles. The summed E-state index contributed by atoms with van der Waals surface area (Å²) in [4.78, 5) is 0. The smallest absolute Gasteiger partial charge is 0.254 e. The Kier molecular flexibility index (Phi) is 5.51. The van der Waals surface area contributed by atoms with Gasteiger partial charge < -0.3 is 4.52 Å². The molecule has 2 nitrogen and oxygen atoms in total. The maximum Gasteiger partial charge on any atom is 0.254 e. The summed E-state index contributed by atoms with van der Waals surface area (Å²) >= 11 is 1.44. The third-order valence-corrected chi connectivity index (χ3v) is 4.95. The van der Waals surface area contributed by atoms with Gasteiger partial charge >= 0.3 is 0 Å². The Morgan fingerprint density at radius 2 is 2.10 bits per heavy atom. The molecule has 0 heterocycles. The van der Waals surface area contributed by atoms with Crippen LogP contribution >= 0.6 is 18.0 Å². The molecule has 10 heavy (non-hydrogen) atoms. The van der Waals surface area contributed by atoms with Crippen LogP contribution in [0.2, 0.25) is 0 Å². The molecule has 0 amide bonds. The van der Waals surface area contributed by atoms with Crippen molar-refractivity contribution >= 4 is 18.0 Å². The molecule has 0 aliphatic rings. The second kappa shape index (κ2) is 5.22. The monoisotopic (exact) mass is 182 g/mol. The molecule has 0 saturated heterocycles. The summed E-state index contributed by atoms with van der Waals surface area (Å²) in [5.74, 6) is 0.924. The van der Waals surface area contributed by atoms with Crippen molar-refractivity contribution in [3.05, 3.63) is 0 Å². The van der Waals surface area contributed by atoms with E-state index < -0.39 is 6.57 Å². The first-order valence-corrected chi connectivity index (χ1v) is 7.15. The molecule has 0 unspecified atom stereocenters. The predicted molar refractivity (Wildman–Crippen MR) is 47.9 cm³/mol. The molecule has 0 N–H and O–H groups in total. The molecule has 0 bridgehead atoms. The lowest BCUT2D eigenvalue weighted by Gasteiger charge is -2.09. The second-order valence-corrected chi connectivity index (χ2v) is 7.25. The molecule has 4 heteroatoms. The van der Waals surface area contributed by atoms with Crippen LogP contribution in [0.4, 0.5) is 0 Å². The highest BCUT2D eigenvalue weighted by Crippen LogP contribution is 2.56. The summed E-state index contributed by atoms with van der Waals surface area (Å²) in [6.07, 6.45) is 1.05. The SMILES string of the molecule is CCCS[P@](C)(=O)OCC. The van der Waals surface area contributed by atoms with E-state index in [1.54, 1.807) is 6.66 Å². The number of rotatable bonds is 5. The Labute approximate surface area is 66.9 Å². The van der Waals surface area contributed by atoms with E-state index in [1.165, 1.54) is 11.4 Å². The topological polar surface area (TPSA) is 26.3 Å². The summed E-state index contributed by atoms with van der Waals surface area (Å²) in [7, 11) is 0. The van der Waals surface area contributed by atoms with Crippen LogP contribution in [-0.4, -0.2) is 19.0 Å². The van der Waals surface area contributed by atoms with Crippen LogP contribution in [0.15, 0.2) is 0 Å². The highest BCUT2D eigenvalue weighted by atomic mass is 32.7. The Bertz CT molecular complexity index is 127. The molecule has 0 spiro atoms. The van der Waals surface area contributed by atoms with Crippen LogP contribution in [0.25, 0.3) is 0 Å². The molecule has 0 aliphatic carbocycles. The number of hydrogen-bond donors (Lipinski definition) is 0. The molecule has 0 rings (SSSR count). The zero-order valence-electron chi connectivity index (χ0n) is 6.79. The van der Waals surface area contributed by atoms with E-state index in [4.69, 9.17) is 4.52 Å². The third kappa shape index (κ3) is 5.33. The van der Waals surface area contributed by atoms with Crippen molar-refractivity contribution in [3.63, 3.8) is 0 Å². The molecule has 0 radical (unpaired) electrons. The minimum Gasteiger partial charge on any atom is -0.322 e. The lowest BCUT2D eigenvalue weighted by atomic mass is 10.6. The van der Waals surface area contributed by atoms with Gasteiger partial charge in [0.25, 0.3) is 6.57 Å². The van der Waals surface area contributed by atoms with E-state index in [-0.39, 0.29) is 0 Å². The Balaban J connectivity index is 3.53. The summed E-state index contributed by atoms with van der Waals surface area (Å²) in [5, 5.41) is 0. The van der Waals surface area contributed by atoms with Gasteiger partial charge in [-0.05, 0) is 13.3 Å². The fourth-order valence-electron chi connectivity index (χ4n) is 0.529. The predicted octanol–water partition coefficient (Wildman–Crippen LogP) is 2.99. The summed E-state index contributed by atoms with van der Waals surface area (Å²) in [5.41, 5.74) is 0. The van der Waals surface area contributed by atoms with Crippen LogP contribution in [0.1, 0.15) is 20.3 Å². The summed E-state index contributed by atoms with van der Waals surface area (Å²) in [6, 6.07) is 0.